The lowest BCUT2D eigenvalue weighted by molar-refractivity contribution is -0.187. The monoisotopic (exact) mass is 417 g/mol. The zero-order chi connectivity index (χ0) is 18.2. The molecule has 6 nitrogen and oxygen atoms in total. The molecule has 5 unspecified atom stereocenters. The number of nitrogens with one attached hydrogen (secondary N) is 1. The molecule has 1 fully saturated rings. The molecule has 24 heavy (non-hydrogen) atoms. The van der Waals surface area contributed by atoms with Crippen LogP contribution < -0.4 is 5.32 Å². The number of ether oxygens (including phenoxy) is 1. The minimum atomic E-state index is -1.37. The number of carbonyl (C=O) groups is 1. The van der Waals surface area contributed by atoms with Gasteiger partial charge in [-0.15, -0.1) is 0 Å². The SMILES string of the molecule is CC1OC(CO)C(O)C(O)C1NC(=O)c1c(Cl)c(Cl)cc(Cl)c1Cl. The van der Waals surface area contributed by atoms with Gasteiger partial charge in [-0.05, 0) is 13.0 Å². The van der Waals surface area contributed by atoms with Gasteiger partial charge in [0.15, 0.2) is 0 Å². The third-order valence-electron chi connectivity index (χ3n) is 3.81. The zero-order valence-electron chi connectivity index (χ0n) is 12.3. The minimum Gasteiger partial charge on any atom is -0.394 e. The molecule has 1 aromatic rings. The van der Waals surface area contributed by atoms with Gasteiger partial charge in [-0.1, -0.05) is 46.4 Å². The van der Waals surface area contributed by atoms with Crippen LogP contribution >= 0.6 is 46.4 Å². The van der Waals surface area contributed by atoms with Crippen molar-refractivity contribution in [2.75, 3.05) is 6.61 Å². The number of rotatable bonds is 3. The normalized spacial score (nSPS) is 30.2. The molecule has 0 bridgehead atoms. The van der Waals surface area contributed by atoms with Gasteiger partial charge >= 0.3 is 0 Å². The lowest BCUT2D eigenvalue weighted by Gasteiger charge is -2.41. The third kappa shape index (κ3) is 3.76. The largest absolute Gasteiger partial charge is 0.394 e. The highest BCUT2D eigenvalue weighted by Crippen LogP contribution is 2.37. The summed E-state index contributed by atoms with van der Waals surface area (Å²) in [5.41, 5.74) is -0.144. The Bertz CT molecular complexity index is 618. The number of aliphatic hydroxyl groups is 3. The second-order valence-electron chi connectivity index (χ2n) is 5.39. The Balaban J connectivity index is 2.27. The fourth-order valence-corrected chi connectivity index (χ4v) is 3.48. The fraction of sp³-hybridized carbons (Fsp3) is 0.500. The van der Waals surface area contributed by atoms with E-state index in [2.05, 4.69) is 5.32 Å². The van der Waals surface area contributed by atoms with Crippen molar-refractivity contribution in [1.29, 1.82) is 0 Å². The van der Waals surface area contributed by atoms with Crippen molar-refractivity contribution in [3.8, 4) is 0 Å². The molecule has 5 atom stereocenters. The summed E-state index contributed by atoms with van der Waals surface area (Å²) < 4.78 is 5.38. The Morgan fingerprint density at radius 1 is 1.17 bits per heavy atom. The Labute approximate surface area is 158 Å². The Kier molecular flexibility index (Phi) is 6.61. The average Bonchev–Trinajstić information content (AvgIpc) is 2.53. The maximum absolute atomic E-state index is 12.5. The molecule has 0 spiro atoms. The van der Waals surface area contributed by atoms with Gasteiger partial charge in [0, 0.05) is 0 Å². The zero-order valence-corrected chi connectivity index (χ0v) is 15.4. The third-order valence-corrected chi connectivity index (χ3v) is 5.39. The van der Waals surface area contributed by atoms with Crippen LogP contribution in [0, 0.1) is 0 Å². The first kappa shape index (κ1) is 20.0. The van der Waals surface area contributed by atoms with E-state index in [0.717, 1.165) is 0 Å². The van der Waals surface area contributed by atoms with Gasteiger partial charge in [0.05, 0.1) is 44.4 Å². The van der Waals surface area contributed by atoms with Gasteiger partial charge in [0.2, 0.25) is 0 Å². The van der Waals surface area contributed by atoms with E-state index in [0.29, 0.717) is 0 Å². The first-order valence-electron chi connectivity index (χ1n) is 6.95. The molecular formula is C14H15Cl4NO5. The molecule has 0 saturated carbocycles. The van der Waals surface area contributed by atoms with E-state index in [9.17, 15) is 15.0 Å². The molecule has 1 heterocycles. The smallest absolute Gasteiger partial charge is 0.254 e. The van der Waals surface area contributed by atoms with Gasteiger partial charge in [0.1, 0.15) is 18.3 Å². The summed E-state index contributed by atoms with van der Waals surface area (Å²) in [7, 11) is 0. The van der Waals surface area contributed by atoms with Crippen LogP contribution in [0.3, 0.4) is 0 Å². The van der Waals surface area contributed by atoms with Crippen molar-refractivity contribution < 1.29 is 24.9 Å². The van der Waals surface area contributed by atoms with Crippen molar-refractivity contribution in [2.45, 2.75) is 37.4 Å². The van der Waals surface area contributed by atoms with Crippen LogP contribution in [-0.2, 0) is 4.74 Å². The van der Waals surface area contributed by atoms with Crippen LogP contribution in [0.4, 0.5) is 0 Å². The number of hydrogen-bond donors (Lipinski definition) is 4. The van der Waals surface area contributed by atoms with Gasteiger partial charge in [-0.25, -0.2) is 0 Å². The molecule has 1 saturated heterocycles. The van der Waals surface area contributed by atoms with Crippen LogP contribution in [-0.4, -0.2) is 58.3 Å². The summed E-state index contributed by atoms with van der Waals surface area (Å²) in [6, 6.07) is 0.349. The topological polar surface area (TPSA) is 99.0 Å². The second kappa shape index (κ2) is 7.93. The first-order valence-corrected chi connectivity index (χ1v) is 8.46. The van der Waals surface area contributed by atoms with Crippen LogP contribution in [0.1, 0.15) is 17.3 Å². The van der Waals surface area contributed by atoms with Crippen LogP contribution in [0.2, 0.25) is 20.1 Å². The molecular weight excluding hydrogens is 404 g/mol. The minimum absolute atomic E-state index is 0.0464. The molecule has 1 amide bonds. The van der Waals surface area contributed by atoms with E-state index in [1.807, 2.05) is 0 Å². The van der Waals surface area contributed by atoms with Crippen molar-refractivity contribution in [1.82, 2.24) is 5.32 Å². The van der Waals surface area contributed by atoms with Crippen molar-refractivity contribution >= 4 is 52.3 Å². The summed E-state index contributed by atoms with van der Waals surface area (Å²) >= 11 is 23.8. The molecule has 4 N–H and O–H groups in total. The summed E-state index contributed by atoms with van der Waals surface area (Å²) in [6.07, 6.45) is -4.36. The van der Waals surface area contributed by atoms with Gasteiger partial charge in [-0.2, -0.15) is 0 Å². The van der Waals surface area contributed by atoms with E-state index >= 15 is 0 Å². The quantitative estimate of drug-likeness (QED) is 0.562. The summed E-state index contributed by atoms with van der Waals surface area (Å²) in [5, 5.41) is 31.7. The van der Waals surface area contributed by atoms with E-state index in [1.165, 1.54) is 6.07 Å². The van der Waals surface area contributed by atoms with E-state index < -0.39 is 43.0 Å². The first-order chi connectivity index (χ1) is 11.2. The molecule has 2 rings (SSSR count). The Hall–Kier alpha value is -0.310. The molecule has 0 aromatic heterocycles. The van der Waals surface area contributed by atoms with E-state index in [1.54, 1.807) is 6.92 Å². The van der Waals surface area contributed by atoms with Crippen molar-refractivity contribution in [3.05, 3.63) is 31.7 Å². The highest BCUT2D eigenvalue weighted by Gasteiger charge is 2.43. The Morgan fingerprint density at radius 3 is 2.21 bits per heavy atom. The summed E-state index contributed by atoms with van der Waals surface area (Å²) in [5.74, 6) is -0.733. The number of halogens is 4. The molecule has 1 aromatic carbocycles. The standard InChI is InChI=1S/C14H15Cl4NO5/c1-4-11(13(22)12(21)7(3-20)24-4)19-14(23)8-9(17)5(15)2-6(16)10(8)18/h2,4,7,11-13,20-22H,3H2,1H3,(H,19,23). The number of carbonyl (C=O) groups excluding carboxylic acids is 1. The Morgan fingerprint density at radius 2 is 1.71 bits per heavy atom. The molecule has 0 radical (unpaired) electrons. The van der Waals surface area contributed by atoms with Gasteiger partial charge in [0.25, 0.3) is 5.91 Å². The molecule has 1 aliphatic rings. The van der Waals surface area contributed by atoms with Crippen LogP contribution in [0.25, 0.3) is 0 Å². The summed E-state index contributed by atoms with van der Waals surface area (Å²) in [6.45, 7) is 1.11. The number of benzene rings is 1. The molecule has 134 valence electrons. The molecule has 0 aliphatic carbocycles. The van der Waals surface area contributed by atoms with E-state index in [-0.39, 0.29) is 25.7 Å². The number of amides is 1. The lowest BCUT2D eigenvalue weighted by Crippen LogP contribution is -2.63. The molecule has 10 heteroatoms. The highest BCUT2D eigenvalue weighted by molar-refractivity contribution is 6.50. The predicted octanol–water partition coefficient (Wildman–Crippen LogP) is 1.90. The maximum Gasteiger partial charge on any atom is 0.254 e. The lowest BCUT2D eigenvalue weighted by atomic mass is 9.93. The average molecular weight is 419 g/mol. The van der Waals surface area contributed by atoms with Crippen LogP contribution in [0.5, 0.6) is 0 Å². The number of aliphatic hydroxyl groups excluding tert-OH is 3. The number of hydrogen-bond acceptors (Lipinski definition) is 5. The molecule has 1 aliphatic heterocycles. The fourth-order valence-electron chi connectivity index (χ4n) is 2.50. The predicted molar refractivity (Wildman–Crippen MR) is 91.2 cm³/mol. The van der Waals surface area contributed by atoms with Gasteiger partial charge in [-0.3, -0.25) is 4.79 Å². The summed E-state index contributed by atoms with van der Waals surface area (Å²) in [4.78, 5) is 12.5. The van der Waals surface area contributed by atoms with Crippen LogP contribution in [0.15, 0.2) is 6.07 Å². The highest BCUT2D eigenvalue weighted by atomic mass is 35.5. The maximum atomic E-state index is 12.5. The van der Waals surface area contributed by atoms with E-state index in [4.69, 9.17) is 56.2 Å². The second-order valence-corrected chi connectivity index (χ2v) is 6.96. The van der Waals surface area contributed by atoms with Crippen molar-refractivity contribution in [3.63, 3.8) is 0 Å². The van der Waals surface area contributed by atoms with Gasteiger partial charge < -0.3 is 25.4 Å². The van der Waals surface area contributed by atoms with Crippen molar-refractivity contribution in [2.24, 2.45) is 0 Å².